The van der Waals surface area contributed by atoms with Gasteiger partial charge in [0, 0.05) is 18.2 Å². The topological polar surface area (TPSA) is 84.9 Å². The first-order valence-corrected chi connectivity index (χ1v) is 10.3. The number of nitrogens with zero attached hydrogens (tertiary/aromatic N) is 1. The zero-order valence-corrected chi connectivity index (χ0v) is 16.3. The monoisotopic (exact) mass is 390 g/mol. The molecule has 1 aliphatic heterocycles. The van der Waals surface area contributed by atoms with Crippen LogP contribution < -0.4 is 19.1 Å². The zero-order valence-electron chi connectivity index (χ0n) is 15.5. The molecule has 0 fully saturated rings. The molecule has 0 saturated carbocycles. The van der Waals surface area contributed by atoms with E-state index in [1.54, 1.807) is 43.5 Å². The van der Waals surface area contributed by atoms with Crippen molar-refractivity contribution in [1.82, 2.24) is 0 Å². The van der Waals surface area contributed by atoms with Crippen molar-refractivity contribution >= 4 is 27.3 Å². The molecule has 2 aromatic rings. The number of ether oxygens (including phenoxy) is 2. The summed E-state index contributed by atoms with van der Waals surface area (Å²) in [5, 5.41) is 2.83. The van der Waals surface area contributed by atoms with Gasteiger partial charge in [-0.05, 0) is 48.7 Å². The maximum atomic E-state index is 12.7. The van der Waals surface area contributed by atoms with E-state index in [4.69, 9.17) is 9.47 Å². The second-order valence-electron chi connectivity index (χ2n) is 6.30. The molecule has 0 aromatic heterocycles. The minimum Gasteiger partial charge on any atom is -0.497 e. The predicted molar refractivity (Wildman–Crippen MR) is 104 cm³/mol. The van der Waals surface area contributed by atoms with E-state index in [-0.39, 0.29) is 5.91 Å². The molecular formula is C19H22N2O5S. The smallest absolute Gasteiger partial charge is 0.255 e. The summed E-state index contributed by atoms with van der Waals surface area (Å²) >= 11 is 0. The first-order chi connectivity index (χ1) is 12.8. The first kappa shape index (κ1) is 19.0. The third-order valence-electron chi connectivity index (χ3n) is 4.47. The first-order valence-electron chi connectivity index (χ1n) is 8.47. The summed E-state index contributed by atoms with van der Waals surface area (Å²) in [6.45, 7) is 0.459. The molecule has 0 saturated heterocycles. The van der Waals surface area contributed by atoms with Gasteiger partial charge in [0.2, 0.25) is 10.0 Å². The van der Waals surface area contributed by atoms with Crippen molar-refractivity contribution in [1.29, 1.82) is 0 Å². The molecular weight excluding hydrogens is 368 g/mol. The molecule has 1 aliphatic rings. The summed E-state index contributed by atoms with van der Waals surface area (Å²) in [4.78, 5) is 12.7. The highest BCUT2D eigenvalue weighted by molar-refractivity contribution is 7.92. The summed E-state index contributed by atoms with van der Waals surface area (Å²) in [6.07, 6.45) is 2.64. The normalized spacial score (nSPS) is 13.7. The van der Waals surface area contributed by atoms with Gasteiger partial charge in [0.15, 0.2) is 0 Å². The van der Waals surface area contributed by atoms with Crippen molar-refractivity contribution < 1.29 is 22.7 Å². The van der Waals surface area contributed by atoms with Crippen LogP contribution in [0.3, 0.4) is 0 Å². The van der Waals surface area contributed by atoms with Crippen molar-refractivity contribution in [3.05, 3.63) is 47.5 Å². The van der Waals surface area contributed by atoms with Crippen LogP contribution >= 0.6 is 0 Å². The van der Waals surface area contributed by atoms with Gasteiger partial charge in [0.1, 0.15) is 11.5 Å². The second kappa shape index (κ2) is 7.48. The average Bonchev–Trinajstić information content (AvgIpc) is 2.66. The van der Waals surface area contributed by atoms with Gasteiger partial charge in [0.25, 0.3) is 5.91 Å². The van der Waals surface area contributed by atoms with Crippen LogP contribution in [0, 0.1) is 0 Å². The lowest BCUT2D eigenvalue weighted by Gasteiger charge is -2.29. The number of rotatable bonds is 5. The van der Waals surface area contributed by atoms with E-state index in [2.05, 4.69) is 5.32 Å². The Kier molecular flexibility index (Phi) is 5.27. The predicted octanol–water partition coefficient (Wildman–Crippen LogP) is 2.67. The Morgan fingerprint density at radius 3 is 2.56 bits per heavy atom. The molecule has 8 heteroatoms. The van der Waals surface area contributed by atoms with Crippen molar-refractivity contribution in [3.8, 4) is 11.5 Å². The standard InChI is InChI=1S/C19H22N2O5S/c1-25-15-7-8-16(18(12-15)26-2)20-19(22)14-6-9-17-13(11-14)5-4-10-21(17)27(3,23)24/h6-9,11-12H,4-5,10H2,1-3H3,(H,20,22). The number of amides is 1. The van der Waals surface area contributed by atoms with Gasteiger partial charge in [-0.2, -0.15) is 0 Å². The van der Waals surface area contributed by atoms with Gasteiger partial charge in [-0.15, -0.1) is 0 Å². The van der Waals surface area contributed by atoms with Gasteiger partial charge in [-0.1, -0.05) is 0 Å². The van der Waals surface area contributed by atoms with Crippen LogP contribution in [0.1, 0.15) is 22.3 Å². The fourth-order valence-corrected chi connectivity index (χ4v) is 4.14. The third kappa shape index (κ3) is 4.00. The van der Waals surface area contributed by atoms with Gasteiger partial charge >= 0.3 is 0 Å². The van der Waals surface area contributed by atoms with Crippen LogP contribution in [0.2, 0.25) is 0 Å². The van der Waals surface area contributed by atoms with Gasteiger partial charge in [0.05, 0.1) is 31.9 Å². The lowest BCUT2D eigenvalue weighted by atomic mass is 10.0. The molecule has 0 spiro atoms. The van der Waals surface area contributed by atoms with Gasteiger partial charge < -0.3 is 14.8 Å². The number of methoxy groups -OCH3 is 2. The van der Waals surface area contributed by atoms with E-state index < -0.39 is 10.0 Å². The maximum absolute atomic E-state index is 12.7. The van der Waals surface area contributed by atoms with Crippen molar-refractivity contribution in [2.45, 2.75) is 12.8 Å². The molecule has 0 atom stereocenters. The largest absolute Gasteiger partial charge is 0.497 e. The number of sulfonamides is 1. The fourth-order valence-electron chi connectivity index (χ4n) is 3.14. The van der Waals surface area contributed by atoms with Gasteiger partial charge in [-0.3, -0.25) is 9.10 Å². The van der Waals surface area contributed by atoms with Crippen molar-refractivity contribution in [2.24, 2.45) is 0 Å². The molecule has 2 aromatic carbocycles. The van der Waals surface area contributed by atoms with Crippen LogP contribution in [0.4, 0.5) is 11.4 Å². The lowest BCUT2D eigenvalue weighted by Crippen LogP contribution is -2.34. The minimum atomic E-state index is -3.33. The number of nitrogens with one attached hydrogen (secondary N) is 1. The number of fused-ring (bicyclic) bond motifs is 1. The number of anilines is 2. The number of benzene rings is 2. The van der Waals surface area contributed by atoms with Crippen molar-refractivity contribution in [3.63, 3.8) is 0 Å². The maximum Gasteiger partial charge on any atom is 0.255 e. The van der Waals surface area contributed by atoms with E-state index in [1.165, 1.54) is 17.7 Å². The van der Waals surface area contributed by atoms with Gasteiger partial charge in [-0.25, -0.2) is 8.42 Å². The number of hydrogen-bond donors (Lipinski definition) is 1. The van der Waals surface area contributed by atoms with Crippen LogP contribution in [0.15, 0.2) is 36.4 Å². The number of aryl methyl sites for hydroxylation is 1. The van der Waals surface area contributed by atoms with E-state index >= 15 is 0 Å². The molecule has 0 aliphatic carbocycles. The molecule has 1 heterocycles. The van der Waals surface area contributed by atoms with Crippen LogP contribution in [-0.4, -0.2) is 41.3 Å². The summed E-state index contributed by atoms with van der Waals surface area (Å²) < 4.78 is 35.8. The summed E-state index contributed by atoms with van der Waals surface area (Å²) in [7, 11) is -0.260. The van der Waals surface area contributed by atoms with E-state index in [9.17, 15) is 13.2 Å². The third-order valence-corrected chi connectivity index (χ3v) is 5.65. The van der Waals surface area contributed by atoms with E-state index in [1.807, 2.05) is 0 Å². The molecule has 7 nitrogen and oxygen atoms in total. The molecule has 1 amide bonds. The minimum absolute atomic E-state index is 0.294. The van der Waals surface area contributed by atoms with Crippen molar-refractivity contribution in [2.75, 3.05) is 36.6 Å². The summed E-state index contributed by atoms with van der Waals surface area (Å²) in [5.74, 6) is 0.821. The van der Waals surface area contributed by atoms with Crippen LogP contribution in [0.5, 0.6) is 11.5 Å². The quantitative estimate of drug-likeness (QED) is 0.848. The molecule has 0 radical (unpaired) electrons. The van der Waals surface area contributed by atoms with Crippen LogP contribution in [-0.2, 0) is 16.4 Å². The Balaban J connectivity index is 1.87. The average molecular weight is 390 g/mol. The Hall–Kier alpha value is -2.74. The molecule has 3 rings (SSSR count). The fraction of sp³-hybridized carbons (Fsp3) is 0.316. The summed E-state index contributed by atoms with van der Waals surface area (Å²) in [5.41, 5.74) is 2.48. The molecule has 27 heavy (non-hydrogen) atoms. The Morgan fingerprint density at radius 2 is 1.89 bits per heavy atom. The highest BCUT2D eigenvalue weighted by Crippen LogP contribution is 2.32. The highest BCUT2D eigenvalue weighted by atomic mass is 32.2. The molecule has 0 unspecified atom stereocenters. The van der Waals surface area contributed by atoms with E-state index in [0.717, 1.165) is 18.4 Å². The SMILES string of the molecule is COc1ccc(NC(=O)c2ccc3c(c2)CCCN3S(C)(=O)=O)c(OC)c1. The number of carbonyl (C=O) groups excluding carboxylic acids is 1. The summed E-state index contributed by atoms with van der Waals surface area (Å²) in [6, 6.07) is 10.2. The van der Waals surface area contributed by atoms with Crippen LogP contribution in [0.25, 0.3) is 0 Å². The van der Waals surface area contributed by atoms with E-state index in [0.29, 0.717) is 35.0 Å². The second-order valence-corrected chi connectivity index (χ2v) is 8.21. The zero-order chi connectivity index (χ0) is 19.6. The number of carbonyl (C=O) groups is 1. The Bertz CT molecular complexity index is 972. The lowest BCUT2D eigenvalue weighted by molar-refractivity contribution is 0.102. The molecule has 144 valence electrons. The molecule has 0 bridgehead atoms. The number of hydrogen-bond acceptors (Lipinski definition) is 5. The molecule has 1 N–H and O–H groups in total. The Morgan fingerprint density at radius 1 is 1.11 bits per heavy atom. The highest BCUT2D eigenvalue weighted by Gasteiger charge is 2.24. The Labute approximate surface area is 158 Å².